The maximum atomic E-state index is 10.5. The summed E-state index contributed by atoms with van der Waals surface area (Å²) in [6, 6.07) is 8.52. The van der Waals surface area contributed by atoms with Crippen LogP contribution in [0.4, 0.5) is 0 Å². The van der Waals surface area contributed by atoms with E-state index in [0.29, 0.717) is 16.5 Å². The van der Waals surface area contributed by atoms with Crippen LogP contribution in [0.15, 0.2) is 34.7 Å². The van der Waals surface area contributed by atoms with Gasteiger partial charge in [0, 0.05) is 5.02 Å². The summed E-state index contributed by atoms with van der Waals surface area (Å²) in [7, 11) is 0. The highest BCUT2D eigenvalue weighted by molar-refractivity contribution is 6.30. The molecule has 1 heterocycles. The van der Waals surface area contributed by atoms with E-state index in [2.05, 4.69) is 0 Å². The van der Waals surface area contributed by atoms with Crippen molar-refractivity contribution in [2.75, 3.05) is 0 Å². The molecule has 1 aromatic carbocycles. The van der Waals surface area contributed by atoms with Crippen molar-refractivity contribution < 1.29 is 13.9 Å². The molecule has 0 saturated carbocycles. The van der Waals surface area contributed by atoms with Crippen molar-refractivity contribution >= 4 is 17.9 Å². The monoisotopic (exact) mass is 263 g/mol. The van der Waals surface area contributed by atoms with Gasteiger partial charge in [0.05, 0.1) is 11.7 Å². The van der Waals surface area contributed by atoms with Gasteiger partial charge in [0.15, 0.2) is 5.76 Å². The van der Waals surface area contributed by atoms with Crippen LogP contribution in [-0.4, -0.2) is 12.4 Å². The molecule has 0 amide bonds. The van der Waals surface area contributed by atoms with E-state index in [9.17, 15) is 4.79 Å². The second-order valence-electron chi connectivity index (χ2n) is 4.07. The highest BCUT2D eigenvalue weighted by Crippen LogP contribution is 2.34. The molecule has 0 aliphatic carbocycles. The smallest absolute Gasteiger partial charge is 0.271 e. The third kappa shape index (κ3) is 2.74. The van der Waals surface area contributed by atoms with Crippen LogP contribution in [0.5, 0.6) is 5.75 Å². The third-order valence-corrected chi connectivity index (χ3v) is 2.51. The van der Waals surface area contributed by atoms with Crippen molar-refractivity contribution in [3.8, 4) is 17.1 Å². The Balaban J connectivity index is 2.46. The summed E-state index contributed by atoms with van der Waals surface area (Å²) in [5.74, 6) is 1.35. The summed E-state index contributed by atoms with van der Waals surface area (Å²) in [4.78, 5) is 10.5. The second kappa shape index (κ2) is 5.27. The van der Waals surface area contributed by atoms with Gasteiger partial charge in [-0.3, -0.25) is 4.79 Å². The highest BCUT2D eigenvalue weighted by Gasteiger charge is 2.12. The van der Waals surface area contributed by atoms with E-state index in [1.807, 2.05) is 13.8 Å². The van der Waals surface area contributed by atoms with Gasteiger partial charge in [0.2, 0.25) is 0 Å². The average Bonchev–Trinajstić information content (AvgIpc) is 2.79. The van der Waals surface area contributed by atoms with Gasteiger partial charge in [-0.2, -0.15) is 0 Å². The van der Waals surface area contributed by atoms with E-state index in [-0.39, 0.29) is 11.9 Å². The summed E-state index contributed by atoms with van der Waals surface area (Å²) in [6.07, 6.45) is 1.74. The summed E-state index contributed by atoms with van der Waals surface area (Å²) < 4.78 is 11.0. The molecule has 0 spiro atoms. The fraction of sp³-hybridized carbons (Fsp3) is 0.214. The lowest BCUT2D eigenvalue weighted by Crippen LogP contribution is -2.06. The third-order valence-electron chi connectivity index (χ3n) is 2.28. The number of rotatable bonds is 4. The van der Waals surface area contributed by atoms with Crippen LogP contribution in [0.3, 0.4) is 0 Å². The number of carbonyl (C=O) groups excluding carboxylic acids is 1. The van der Waals surface area contributed by atoms with Crippen LogP contribution in [0.1, 0.15) is 19.6 Å². The summed E-state index contributed by atoms with van der Waals surface area (Å²) in [5, 5.41) is 0.578. The minimum Gasteiger partial charge on any atom is -0.490 e. The molecule has 2 aromatic rings. The molecule has 0 aliphatic heterocycles. The molecular formula is C14H12ClO3. The molecule has 2 rings (SSSR count). The predicted molar refractivity (Wildman–Crippen MR) is 69.7 cm³/mol. The maximum absolute atomic E-state index is 10.5. The molecule has 0 atom stereocenters. The summed E-state index contributed by atoms with van der Waals surface area (Å²) >= 11 is 5.97. The number of ether oxygens (including phenoxy) is 1. The Kier molecular flexibility index (Phi) is 3.72. The molecule has 3 nitrogen and oxygen atoms in total. The van der Waals surface area contributed by atoms with E-state index in [4.69, 9.17) is 20.8 Å². The summed E-state index contributed by atoms with van der Waals surface area (Å²) in [6.45, 7) is 3.87. The Labute approximate surface area is 110 Å². The fourth-order valence-electron chi connectivity index (χ4n) is 1.59. The zero-order valence-electron chi connectivity index (χ0n) is 10.1. The van der Waals surface area contributed by atoms with E-state index in [1.165, 1.54) is 0 Å². The van der Waals surface area contributed by atoms with Crippen molar-refractivity contribution in [1.82, 2.24) is 0 Å². The minimum atomic E-state index is 0.0389. The highest BCUT2D eigenvalue weighted by atomic mass is 35.5. The molecule has 0 aliphatic rings. The van der Waals surface area contributed by atoms with Gasteiger partial charge in [0.25, 0.3) is 6.29 Å². The van der Waals surface area contributed by atoms with Gasteiger partial charge < -0.3 is 9.15 Å². The van der Waals surface area contributed by atoms with Crippen molar-refractivity contribution in [2.24, 2.45) is 0 Å². The van der Waals surface area contributed by atoms with Crippen LogP contribution in [0, 0.1) is 0 Å². The first kappa shape index (κ1) is 12.7. The zero-order chi connectivity index (χ0) is 13.1. The van der Waals surface area contributed by atoms with Gasteiger partial charge in [-0.1, -0.05) is 11.6 Å². The number of halogens is 1. The van der Waals surface area contributed by atoms with Gasteiger partial charge in [0.1, 0.15) is 11.5 Å². The predicted octanol–water partition coefficient (Wildman–Crippen LogP) is 3.85. The van der Waals surface area contributed by atoms with Crippen molar-refractivity contribution in [3.05, 3.63) is 41.1 Å². The van der Waals surface area contributed by atoms with Crippen LogP contribution < -0.4 is 4.74 Å². The lowest BCUT2D eigenvalue weighted by atomic mass is 10.1. The lowest BCUT2D eigenvalue weighted by molar-refractivity contribution is 0.243. The minimum absolute atomic E-state index is 0.0389. The molecule has 0 bridgehead atoms. The number of furan rings is 1. The molecule has 1 aromatic heterocycles. The van der Waals surface area contributed by atoms with Crippen LogP contribution in [-0.2, 0) is 4.79 Å². The van der Waals surface area contributed by atoms with Crippen LogP contribution in [0.2, 0.25) is 5.02 Å². The van der Waals surface area contributed by atoms with Crippen LogP contribution >= 0.6 is 11.6 Å². The molecule has 0 saturated heterocycles. The van der Waals surface area contributed by atoms with E-state index < -0.39 is 0 Å². The van der Waals surface area contributed by atoms with E-state index in [1.54, 1.807) is 36.6 Å². The quantitative estimate of drug-likeness (QED) is 0.841. The normalized spacial score (nSPS) is 10.7. The topological polar surface area (TPSA) is 39.4 Å². The molecule has 0 fully saturated rings. The Hall–Kier alpha value is -1.74. The molecule has 0 unspecified atom stereocenters. The Morgan fingerprint density at radius 3 is 2.67 bits per heavy atom. The lowest BCUT2D eigenvalue weighted by Gasteiger charge is -2.13. The second-order valence-corrected chi connectivity index (χ2v) is 4.51. The Morgan fingerprint density at radius 1 is 1.28 bits per heavy atom. The van der Waals surface area contributed by atoms with Gasteiger partial charge in [-0.05, 0) is 44.2 Å². The van der Waals surface area contributed by atoms with Crippen molar-refractivity contribution in [3.63, 3.8) is 0 Å². The van der Waals surface area contributed by atoms with Crippen LogP contribution in [0.25, 0.3) is 11.3 Å². The first-order valence-corrected chi connectivity index (χ1v) is 5.92. The molecule has 1 radical (unpaired) electrons. The van der Waals surface area contributed by atoms with Gasteiger partial charge in [-0.25, -0.2) is 0 Å². The fourth-order valence-corrected chi connectivity index (χ4v) is 1.76. The van der Waals surface area contributed by atoms with E-state index >= 15 is 0 Å². The summed E-state index contributed by atoms with van der Waals surface area (Å²) in [5.41, 5.74) is 0.720. The van der Waals surface area contributed by atoms with Gasteiger partial charge in [-0.15, -0.1) is 0 Å². The largest absolute Gasteiger partial charge is 0.490 e. The van der Waals surface area contributed by atoms with Crippen molar-refractivity contribution in [1.29, 1.82) is 0 Å². The Morgan fingerprint density at radius 2 is 2.06 bits per heavy atom. The maximum Gasteiger partial charge on any atom is 0.271 e. The standard InChI is InChI=1S/C14H12ClO3/c1-9(2)17-13-5-3-10(15)7-12(13)14-6-4-11(8-16)18-14/h3-7,9H,1-2H3. The first-order chi connectivity index (χ1) is 8.60. The number of benzene rings is 1. The molecule has 0 N–H and O–H groups in total. The SMILES string of the molecule is CC(C)Oc1ccc(Cl)cc1-c1ccc([C]=O)o1. The zero-order valence-corrected chi connectivity index (χ0v) is 10.8. The molecule has 18 heavy (non-hydrogen) atoms. The first-order valence-electron chi connectivity index (χ1n) is 5.54. The molecule has 4 heteroatoms. The van der Waals surface area contributed by atoms with Gasteiger partial charge >= 0.3 is 0 Å². The average molecular weight is 264 g/mol. The molecule has 93 valence electrons. The Bertz CT molecular complexity index is 558. The number of hydrogen-bond donors (Lipinski definition) is 0. The number of hydrogen-bond acceptors (Lipinski definition) is 3. The molecular weight excluding hydrogens is 252 g/mol. The van der Waals surface area contributed by atoms with Crippen molar-refractivity contribution in [2.45, 2.75) is 20.0 Å². The van der Waals surface area contributed by atoms with E-state index in [0.717, 1.165) is 5.56 Å².